The number of ether oxygens (including phenoxy) is 6. The van der Waals surface area contributed by atoms with Gasteiger partial charge in [0.15, 0.2) is 34.1 Å². The average molecular weight is 1790 g/mol. The largest absolute Gasteiger partial charge is 0.472 e. The van der Waals surface area contributed by atoms with E-state index in [1.165, 1.54) is 58.8 Å². The van der Waals surface area contributed by atoms with Gasteiger partial charge in [-0.25, -0.2) is 72.1 Å². The summed E-state index contributed by atoms with van der Waals surface area (Å²) in [6, 6.07) is 1.21. The first-order valence-electron chi connectivity index (χ1n) is 35.9. The summed E-state index contributed by atoms with van der Waals surface area (Å²) in [6.45, 7) is -3.10. The third-order valence-electron chi connectivity index (χ3n) is 19.9. The van der Waals surface area contributed by atoms with Gasteiger partial charge in [0.25, 0.3) is 16.7 Å². The lowest BCUT2D eigenvalue weighted by molar-refractivity contribution is -0.0649. The van der Waals surface area contributed by atoms with Gasteiger partial charge in [-0.15, -0.1) is 0 Å². The number of hydrogen-bond acceptors (Lipinski definition) is 42. The van der Waals surface area contributed by atoms with Crippen LogP contribution in [0.1, 0.15) is 87.0 Å². The van der Waals surface area contributed by atoms with Crippen LogP contribution in [0, 0.1) is 13.8 Å². The fourth-order valence-corrected chi connectivity index (χ4v) is 18.9. The minimum absolute atomic E-state index is 0.0364. The Kier molecular flexibility index (Phi) is 24.5. The smallest absolute Gasteiger partial charge is 0.394 e. The normalized spacial score (nSPS) is 29.7. The van der Waals surface area contributed by atoms with Crippen molar-refractivity contribution < 1.29 is 131 Å². The summed E-state index contributed by atoms with van der Waals surface area (Å²) >= 11 is 0. The van der Waals surface area contributed by atoms with E-state index in [1.54, 1.807) is 0 Å². The first-order chi connectivity index (χ1) is 56.8. The molecule has 6 aliphatic heterocycles. The number of fused-ring (bicyclic) bond motifs is 3. The van der Waals surface area contributed by atoms with Crippen molar-refractivity contribution in [1.82, 2.24) is 87.2 Å². The number of aliphatic hydroxyl groups excluding tert-OH is 2. The van der Waals surface area contributed by atoms with Crippen LogP contribution in [-0.4, -0.2) is 235 Å². The third-order valence-corrected chi connectivity index (χ3v) is 24.9. The Bertz CT molecular complexity index is 6010. The highest BCUT2D eigenvalue weighted by molar-refractivity contribution is 7.48. The zero-order valence-electron chi connectivity index (χ0n) is 62.0. The van der Waals surface area contributed by atoms with E-state index in [-0.39, 0.29) is 80.9 Å². The predicted octanol–water partition coefficient (Wildman–Crippen LogP) is -2.31. The van der Waals surface area contributed by atoms with Gasteiger partial charge in [-0.1, -0.05) is 0 Å². The maximum Gasteiger partial charge on any atom is 0.472 e. The molecule has 0 spiro atoms. The van der Waals surface area contributed by atoms with E-state index >= 15 is 0 Å². The van der Waals surface area contributed by atoms with Crippen LogP contribution >= 0.6 is 39.1 Å². The second-order valence-electron chi connectivity index (χ2n) is 27.9. The number of aryl methyl sites for hydroxylation is 2. The molecule has 120 heavy (non-hydrogen) atoms. The molecule has 0 aliphatic carbocycles. The van der Waals surface area contributed by atoms with Gasteiger partial charge in [-0.05, 0) is 19.9 Å². The molecule has 0 bridgehead atoms. The van der Waals surface area contributed by atoms with Gasteiger partial charge >= 0.3 is 56.2 Å². The van der Waals surface area contributed by atoms with Crippen molar-refractivity contribution in [3.63, 3.8) is 0 Å². The van der Waals surface area contributed by atoms with E-state index in [4.69, 9.17) is 96.6 Å². The number of nitrogens with one attached hydrogen (secondary N) is 3. The van der Waals surface area contributed by atoms with Crippen LogP contribution in [-0.2, 0) is 96.5 Å². The molecule has 6 saturated heterocycles. The lowest BCUT2D eigenvalue weighted by Gasteiger charge is -2.26. The van der Waals surface area contributed by atoms with Crippen molar-refractivity contribution in [1.29, 1.82) is 0 Å². The molecular formula is C59H75N22O34P5. The monoisotopic (exact) mass is 1790 g/mol. The Balaban J connectivity index is 0.633. The topological polar surface area (TPSA) is 774 Å². The van der Waals surface area contributed by atoms with E-state index < -0.39 is 249 Å². The zero-order chi connectivity index (χ0) is 85.4. The van der Waals surface area contributed by atoms with Crippen LogP contribution in [0.3, 0.4) is 0 Å². The minimum atomic E-state index is -5.64. The van der Waals surface area contributed by atoms with Gasteiger partial charge < -0.3 is 86.0 Å². The number of aromatic amines is 3. The second kappa shape index (κ2) is 34.1. The molecule has 6 fully saturated rings. The molecule has 56 nitrogen and oxygen atoms in total. The van der Waals surface area contributed by atoms with Crippen molar-refractivity contribution in [2.75, 3.05) is 62.6 Å². The molecule has 15 rings (SSSR count). The Hall–Kier alpha value is -8.88. The number of aromatic nitrogens is 18. The molecule has 650 valence electrons. The molecule has 9 aromatic rings. The van der Waals surface area contributed by atoms with Gasteiger partial charge in [0, 0.05) is 68.2 Å². The lowest BCUT2D eigenvalue weighted by atomic mass is 10.2. The quantitative estimate of drug-likeness (QED) is 0.0197. The van der Waals surface area contributed by atoms with Gasteiger partial charge in [0.05, 0.1) is 64.7 Å². The fraction of sp³-hybridized carbons (Fsp3) is 0.542. The molecule has 0 radical (unpaired) electrons. The van der Waals surface area contributed by atoms with E-state index in [2.05, 4.69) is 59.8 Å². The number of nitrogens with zero attached hydrogens (tertiary/aromatic N) is 15. The zero-order valence-corrected chi connectivity index (χ0v) is 66.5. The number of nitrogen functional groups attached to an aromatic ring is 4. The molecule has 6 aliphatic rings. The number of phosphoric ester groups is 5. The van der Waals surface area contributed by atoms with Crippen molar-refractivity contribution in [2.45, 2.75) is 163 Å². The highest BCUT2D eigenvalue weighted by Crippen LogP contribution is 2.57. The minimum Gasteiger partial charge on any atom is -0.394 e. The summed E-state index contributed by atoms with van der Waals surface area (Å²) in [7, 11) is -27.4. The van der Waals surface area contributed by atoms with Crippen LogP contribution in [0.25, 0.3) is 33.5 Å². The van der Waals surface area contributed by atoms with E-state index in [0.717, 1.165) is 38.7 Å². The second-order valence-corrected chi connectivity index (χ2v) is 35.0. The fourth-order valence-electron chi connectivity index (χ4n) is 14.1. The Morgan fingerprint density at radius 3 is 1.17 bits per heavy atom. The van der Waals surface area contributed by atoms with E-state index in [1.807, 2.05) is 0 Å². The Labute approximate surface area is 667 Å². The number of hydrogen-bond donors (Lipinski definition) is 14. The van der Waals surface area contributed by atoms with Crippen LogP contribution < -0.4 is 56.7 Å². The van der Waals surface area contributed by atoms with Crippen LogP contribution in [0.5, 0.6) is 0 Å². The number of phosphoric acid groups is 5. The predicted molar refractivity (Wildman–Crippen MR) is 395 cm³/mol. The highest BCUT2D eigenvalue weighted by Gasteiger charge is 2.52. The lowest BCUT2D eigenvalue weighted by Crippen LogP contribution is -2.33. The maximum atomic E-state index is 14.5. The molecule has 9 aromatic heterocycles. The summed E-state index contributed by atoms with van der Waals surface area (Å²) in [5, 5.41) is 21.1. The number of rotatable bonds is 32. The van der Waals surface area contributed by atoms with Crippen molar-refractivity contribution in [3.8, 4) is 0 Å². The molecule has 0 amide bonds. The number of H-pyrrole nitrogens is 3. The summed E-state index contributed by atoms with van der Waals surface area (Å²) in [6.07, 6.45) is -20.1. The molecule has 15 heterocycles. The summed E-state index contributed by atoms with van der Waals surface area (Å²) in [5.41, 5.74) is 18.7. The highest BCUT2D eigenvalue weighted by atomic mass is 31.2. The molecule has 5 unspecified atom stereocenters. The van der Waals surface area contributed by atoms with Gasteiger partial charge in [-0.3, -0.25) is 102 Å². The SMILES string of the molecule is Cc1cn([C@H]2C[C@H](OP(=O)(O)OC[C@H]3O[C@@H](n4cnc5c(N)ncnc54)C[C@@H]3OP(=O)(O)OC[C@H]3O[C@@H](n4ccc(N)nc4=O)C[C@@H]3OP(=O)(O)OC[C@H]3O[C@@H](n4cc(C)c(=O)[nH]c4=O)C[C@@H]3O)[C@@H](COP(=O)(O)O[C@H]3C[C@H](n4cnc5c(=O)[nH]c(N)nc54)O[C@@H]3COP(=O)(O)O[C@H]3C[C@H](n4cnc5c(N)ncnc54)O[C@@H]3CO)O2)c(=O)[nH]c1=O. The Morgan fingerprint density at radius 2 is 0.767 bits per heavy atom. The first kappa shape index (κ1) is 86.1. The first-order valence-corrected chi connectivity index (χ1v) is 43.4. The van der Waals surface area contributed by atoms with Crippen LogP contribution in [0.4, 0.5) is 23.4 Å². The summed E-state index contributed by atoms with van der Waals surface area (Å²) in [4.78, 5) is 177. The van der Waals surface area contributed by atoms with Crippen LogP contribution in [0.2, 0.25) is 0 Å². The Morgan fingerprint density at radius 1 is 0.425 bits per heavy atom. The average Bonchev–Trinajstić information content (AvgIpc) is 1.62. The molecule has 0 aromatic carbocycles. The van der Waals surface area contributed by atoms with Crippen molar-refractivity contribution >= 4 is 96.0 Å². The maximum absolute atomic E-state index is 14.5. The van der Waals surface area contributed by atoms with Crippen molar-refractivity contribution in [3.05, 3.63) is 130 Å². The number of anilines is 4. The van der Waals surface area contributed by atoms with Crippen LogP contribution in [0.15, 0.2) is 85.1 Å². The van der Waals surface area contributed by atoms with Gasteiger partial charge in [-0.2, -0.15) is 9.97 Å². The molecule has 23 atom stereocenters. The summed E-state index contributed by atoms with van der Waals surface area (Å²) < 4.78 is 169. The van der Waals surface area contributed by atoms with Crippen molar-refractivity contribution in [2.24, 2.45) is 0 Å². The number of imidazole rings is 3. The van der Waals surface area contributed by atoms with E-state index in [0.29, 0.717) is 0 Å². The summed E-state index contributed by atoms with van der Waals surface area (Å²) in [5.74, 6) is -0.605. The molecular weight excluding hydrogens is 1720 g/mol. The molecule has 18 N–H and O–H groups in total. The molecule has 0 saturated carbocycles. The standard InChI is InChI=1S/C59H75N22O34P5/c1-24-11-77(58(88)74-53(24)84)39-5-26(83)33(106-39)14-100-116(90,91)112-28-7-40(76-4-3-38(60)71-57(76)87)107-34(28)15-102-119(96,97)114-30-9-43(80-22-69-46-49(62)65-20-67-51(46)80)109-36(30)17-104-118(94,95)113-29-8-41(78-12-25(2)54(85)75-59(78)89)108-35(29)16-103-120(98,99)115-31-10-44(81-23-70-47-52(81)72-56(63)73-55(47)86)110-37(31)18-101-117(92,93)111-27-6-42(105-32(27)13-82)79-21-68-45-48(61)64-19-66-50(45)79/h3-4,11-12,19-23,26-37,39-44,82-83H,5-10,13-18H2,1-2H3,(H,90,91)(H,92,93)(H,94,95)(H,96,97)(H,98,99)(H2,60,71,87)(H2,61,64,66)(H2,62,65,67)(H,74,84,88)(H,75,85,89)(H3,63,72,73,86)/t26-,27-,28-,29-,30-,31-,32+,33+,34+,35+,36+,37+,39+,40+,41+,42+,43+,44+/m0/s1. The number of aliphatic hydroxyl groups is 2. The third kappa shape index (κ3) is 18.9. The molecule has 61 heteroatoms. The van der Waals surface area contributed by atoms with Gasteiger partial charge in [0.2, 0.25) is 5.95 Å². The number of nitrogens with two attached hydrogens (primary N) is 4. The van der Waals surface area contributed by atoms with E-state index in [9.17, 15) is 86.3 Å². The van der Waals surface area contributed by atoms with Gasteiger partial charge in [0.1, 0.15) is 134 Å².